The largest absolute Gasteiger partial charge is 0.496 e. The summed E-state index contributed by atoms with van der Waals surface area (Å²) in [6, 6.07) is 9.92. The highest BCUT2D eigenvalue weighted by Crippen LogP contribution is 2.36. The van der Waals surface area contributed by atoms with Crippen LogP contribution in [0.4, 0.5) is 0 Å². The maximum Gasteiger partial charge on any atom is 0.338 e. The van der Waals surface area contributed by atoms with E-state index in [0.717, 1.165) is 0 Å². The zero-order chi connectivity index (χ0) is 26.7. The maximum atomic E-state index is 13.9. The third-order valence-electron chi connectivity index (χ3n) is 5.98. The molecular formula is C27H28N2O7S. The highest BCUT2D eigenvalue weighted by molar-refractivity contribution is 7.07. The third kappa shape index (κ3) is 4.72. The van der Waals surface area contributed by atoms with Gasteiger partial charge in [0, 0.05) is 17.7 Å². The lowest BCUT2D eigenvalue weighted by Gasteiger charge is -2.25. The van der Waals surface area contributed by atoms with Gasteiger partial charge >= 0.3 is 5.97 Å². The lowest BCUT2D eigenvalue weighted by molar-refractivity contribution is -0.139. The normalized spacial score (nSPS) is 15.1. The summed E-state index contributed by atoms with van der Waals surface area (Å²) in [6.07, 6.45) is 1.70. The molecule has 0 radical (unpaired) electrons. The highest BCUT2D eigenvalue weighted by atomic mass is 32.1. The number of thiazole rings is 1. The molecule has 3 aromatic rings. The van der Waals surface area contributed by atoms with Crippen molar-refractivity contribution >= 4 is 23.4 Å². The zero-order valence-electron chi connectivity index (χ0n) is 21.5. The van der Waals surface area contributed by atoms with Crippen LogP contribution in [0.3, 0.4) is 0 Å². The van der Waals surface area contributed by atoms with Gasteiger partial charge in [0.05, 0.1) is 56.4 Å². The Morgan fingerprint density at radius 3 is 2.27 bits per heavy atom. The summed E-state index contributed by atoms with van der Waals surface area (Å²) >= 11 is 1.21. The Labute approximate surface area is 217 Å². The molecule has 1 aliphatic rings. The summed E-state index contributed by atoms with van der Waals surface area (Å²) in [5.74, 6) is 1.51. The van der Waals surface area contributed by atoms with Crippen molar-refractivity contribution in [2.45, 2.75) is 19.9 Å². The number of aromatic nitrogens is 1. The summed E-state index contributed by atoms with van der Waals surface area (Å²) in [6.45, 7) is 3.66. The molecule has 0 saturated carbocycles. The van der Waals surface area contributed by atoms with E-state index in [0.29, 0.717) is 49.2 Å². The van der Waals surface area contributed by atoms with E-state index in [-0.39, 0.29) is 17.7 Å². The summed E-state index contributed by atoms with van der Waals surface area (Å²) in [5, 5.41) is 0. The second-order valence-electron chi connectivity index (χ2n) is 7.99. The van der Waals surface area contributed by atoms with E-state index in [4.69, 9.17) is 23.7 Å². The average molecular weight is 525 g/mol. The third-order valence-corrected chi connectivity index (χ3v) is 6.96. The maximum absolute atomic E-state index is 13.9. The number of fused-ring (bicyclic) bond motifs is 1. The number of methoxy groups -OCH3 is 4. The SMILES string of the molecule is CCOC(=O)C1=C(C)N=c2sc(=Cc3c(OC)cc(OC)cc3OC)c(=O)n2C1c1ccccc1OC. The second kappa shape index (κ2) is 10.9. The van der Waals surface area contributed by atoms with E-state index in [2.05, 4.69) is 4.99 Å². The van der Waals surface area contributed by atoms with Gasteiger partial charge in [-0.2, -0.15) is 0 Å². The van der Waals surface area contributed by atoms with Crippen LogP contribution >= 0.6 is 11.3 Å². The fraction of sp³-hybridized carbons (Fsp3) is 0.296. The number of benzene rings is 2. The lowest BCUT2D eigenvalue weighted by Crippen LogP contribution is -2.40. The zero-order valence-corrected chi connectivity index (χ0v) is 22.3. The Morgan fingerprint density at radius 2 is 1.68 bits per heavy atom. The molecule has 1 unspecified atom stereocenters. The first-order valence-corrected chi connectivity index (χ1v) is 12.3. The molecule has 1 aromatic heterocycles. The van der Waals surface area contributed by atoms with Gasteiger partial charge in [0.2, 0.25) is 0 Å². The molecule has 0 aliphatic carbocycles. The minimum Gasteiger partial charge on any atom is -0.496 e. The number of ether oxygens (including phenoxy) is 5. The van der Waals surface area contributed by atoms with Gasteiger partial charge in [-0.25, -0.2) is 9.79 Å². The van der Waals surface area contributed by atoms with Gasteiger partial charge in [-0.1, -0.05) is 29.5 Å². The van der Waals surface area contributed by atoms with Crippen LogP contribution in [-0.2, 0) is 9.53 Å². The first kappa shape index (κ1) is 26.0. The van der Waals surface area contributed by atoms with Crippen LogP contribution in [0.15, 0.2) is 57.5 Å². The Morgan fingerprint density at radius 1 is 1.03 bits per heavy atom. The molecule has 0 N–H and O–H groups in total. The minimum absolute atomic E-state index is 0.190. The Kier molecular flexibility index (Phi) is 7.68. The van der Waals surface area contributed by atoms with E-state index in [9.17, 15) is 9.59 Å². The molecule has 2 aromatic carbocycles. The molecule has 37 heavy (non-hydrogen) atoms. The summed E-state index contributed by atoms with van der Waals surface area (Å²) in [5.41, 5.74) is 1.65. The average Bonchev–Trinajstić information content (AvgIpc) is 3.21. The topological polar surface area (TPSA) is 97.6 Å². The molecular weight excluding hydrogens is 496 g/mol. The van der Waals surface area contributed by atoms with Gasteiger partial charge in [-0.3, -0.25) is 9.36 Å². The van der Waals surface area contributed by atoms with Gasteiger partial charge in [0.1, 0.15) is 29.0 Å². The molecule has 1 atom stereocenters. The first-order valence-electron chi connectivity index (χ1n) is 11.5. The molecule has 194 valence electrons. The molecule has 1 aliphatic heterocycles. The van der Waals surface area contributed by atoms with Crippen molar-refractivity contribution in [3.8, 4) is 23.0 Å². The standard InChI is InChI=1S/C27H28N2O7S/c1-7-36-26(31)23-15(2)28-27-29(24(23)17-10-8-9-11-19(17)33-4)25(30)22(37-27)14-18-20(34-5)12-16(32-3)13-21(18)35-6/h8-14,24H,7H2,1-6H3. The van der Waals surface area contributed by atoms with Crippen molar-refractivity contribution < 1.29 is 28.5 Å². The molecule has 0 fully saturated rings. The van der Waals surface area contributed by atoms with E-state index < -0.39 is 12.0 Å². The number of carbonyl (C=O) groups is 1. The number of hydrogen-bond acceptors (Lipinski definition) is 9. The van der Waals surface area contributed by atoms with Gasteiger partial charge < -0.3 is 23.7 Å². The summed E-state index contributed by atoms with van der Waals surface area (Å²) in [7, 11) is 6.16. The van der Waals surface area contributed by atoms with Crippen molar-refractivity contribution in [3.05, 3.63) is 78.5 Å². The predicted octanol–water partition coefficient (Wildman–Crippen LogP) is 2.83. The number of hydrogen-bond donors (Lipinski definition) is 0. The smallest absolute Gasteiger partial charge is 0.338 e. The fourth-order valence-corrected chi connectivity index (χ4v) is 5.31. The Hall–Kier alpha value is -4.05. The molecule has 0 saturated heterocycles. The fourth-order valence-electron chi connectivity index (χ4n) is 4.28. The van der Waals surface area contributed by atoms with Crippen molar-refractivity contribution in [2.75, 3.05) is 35.0 Å². The first-order chi connectivity index (χ1) is 17.9. The minimum atomic E-state index is -0.784. The van der Waals surface area contributed by atoms with Crippen molar-refractivity contribution in [2.24, 2.45) is 4.99 Å². The molecule has 10 heteroatoms. The number of allylic oxidation sites excluding steroid dienone is 1. The number of para-hydroxylation sites is 1. The molecule has 4 rings (SSSR count). The van der Waals surface area contributed by atoms with Crippen LogP contribution in [0.2, 0.25) is 0 Å². The van der Waals surface area contributed by atoms with E-state index >= 15 is 0 Å². The van der Waals surface area contributed by atoms with Crippen molar-refractivity contribution in [1.29, 1.82) is 0 Å². The Balaban J connectivity index is 2.02. The highest BCUT2D eigenvalue weighted by Gasteiger charge is 2.35. The van der Waals surface area contributed by atoms with Gasteiger partial charge in [0.25, 0.3) is 5.56 Å². The molecule has 0 bridgehead atoms. The monoisotopic (exact) mass is 524 g/mol. The second-order valence-corrected chi connectivity index (χ2v) is 9.00. The van der Waals surface area contributed by atoms with Crippen LogP contribution in [0, 0.1) is 0 Å². The number of nitrogens with zero attached hydrogens (tertiary/aromatic N) is 2. The Bertz CT molecular complexity index is 1530. The molecule has 2 heterocycles. The van der Waals surface area contributed by atoms with Crippen LogP contribution in [-0.4, -0.2) is 45.6 Å². The van der Waals surface area contributed by atoms with Crippen molar-refractivity contribution in [3.63, 3.8) is 0 Å². The van der Waals surface area contributed by atoms with Crippen molar-refractivity contribution in [1.82, 2.24) is 4.57 Å². The number of esters is 1. The van der Waals surface area contributed by atoms with E-state index in [1.54, 1.807) is 52.3 Å². The van der Waals surface area contributed by atoms with Crippen LogP contribution < -0.4 is 33.8 Å². The van der Waals surface area contributed by atoms with Gasteiger partial charge in [-0.15, -0.1) is 0 Å². The summed E-state index contributed by atoms with van der Waals surface area (Å²) < 4.78 is 29.3. The number of carbonyl (C=O) groups excluding carboxylic acids is 1. The van der Waals surface area contributed by atoms with Crippen LogP contribution in [0.1, 0.15) is 31.0 Å². The quantitative estimate of drug-likeness (QED) is 0.418. The van der Waals surface area contributed by atoms with Gasteiger partial charge in [0.15, 0.2) is 4.80 Å². The molecule has 0 spiro atoms. The molecule has 0 amide bonds. The van der Waals surface area contributed by atoms with Crippen LogP contribution in [0.5, 0.6) is 23.0 Å². The lowest BCUT2D eigenvalue weighted by atomic mass is 9.95. The summed E-state index contributed by atoms with van der Waals surface area (Å²) in [4.78, 5) is 32.1. The van der Waals surface area contributed by atoms with Gasteiger partial charge in [-0.05, 0) is 26.0 Å². The van der Waals surface area contributed by atoms with E-state index in [1.807, 2.05) is 18.2 Å². The van der Waals surface area contributed by atoms with E-state index in [1.165, 1.54) is 30.1 Å². The molecule has 9 nitrogen and oxygen atoms in total. The van der Waals surface area contributed by atoms with Crippen LogP contribution in [0.25, 0.3) is 6.08 Å². The predicted molar refractivity (Wildman–Crippen MR) is 139 cm³/mol. The number of rotatable bonds is 8.